The molecule has 0 saturated carbocycles. The largest absolute Gasteiger partial charge is 0.495 e. The Morgan fingerprint density at radius 3 is 2.32 bits per heavy atom. The van der Waals surface area contributed by atoms with Gasteiger partial charge in [-0.15, -0.1) is 0 Å². The predicted octanol–water partition coefficient (Wildman–Crippen LogP) is 5.12. The molecule has 4 heteroatoms. The minimum atomic E-state index is 0.660. The minimum Gasteiger partial charge on any atom is -0.495 e. The summed E-state index contributed by atoms with van der Waals surface area (Å²) in [5.41, 5.74) is 0.901. The third-order valence-electron chi connectivity index (χ3n) is 3.67. The number of hydrogen-bond donors (Lipinski definition) is 2. The maximum Gasteiger partial charge on any atom is 0.170 e. The zero-order valence-corrected chi connectivity index (χ0v) is 14.8. The molecule has 0 aliphatic heterocycles. The second-order valence-corrected chi connectivity index (χ2v) is 5.96. The molecule has 124 valence electrons. The number of rotatable bonds is 11. The van der Waals surface area contributed by atoms with Crippen molar-refractivity contribution < 1.29 is 4.74 Å². The van der Waals surface area contributed by atoms with Gasteiger partial charge in [-0.3, -0.25) is 0 Å². The highest BCUT2D eigenvalue weighted by Gasteiger charge is 2.02. The normalized spacial score (nSPS) is 10.3. The van der Waals surface area contributed by atoms with E-state index in [-0.39, 0.29) is 0 Å². The predicted molar refractivity (Wildman–Crippen MR) is 99.8 cm³/mol. The van der Waals surface area contributed by atoms with Crippen LogP contribution in [0.15, 0.2) is 24.3 Å². The summed E-state index contributed by atoms with van der Waals surface area (Å²) in [7, 11) is 1.66. The molecule has 0 radical (unpaired) electrons. The summed E-state index contributed by atoms with van der Waals surface area (Å²) in [6, 6.07) is 7.79. The number of benzene rings is 1. The first-order valence-electron chi connectivity index (χ1n) is 8.45. The van der Waals surface area contributed by atoms with Gasteiger partial charge in [0.2, 0.25) is 0 Å². The monoisotopic (exact) mass is 322 g/mol. The summed E-state index contributed by atoms with van der Waals surface area (Å²) in [6.07, 6.45) is 10.6. The van der Waals surface area contributed by atoms with Crippen molar-refractivity contribution in [1.29, 1.82) is 0 Å². The van der Waals surface area contributed by atoms with E-state index in [1.54, 1.807) is 7.11 Å². The Kier molecular flexibility index (Phi) is 10.5. The Morgan fingerprint density at radius 1 is 1.00 bits per heavy atom. The van der Waals surface area contributed by atoms with E-state index in [9.17, 15) is 0 Å². The van der Waals surface area contributed by atoms with Crippen LogP contribution in [0.3, 0.4) is 0 Å². The molecular formula is C18H30N2OS. The Morgan fingerprint density at radius 2 is 1.64 bits per heavy atom. The van der Waals surface area contributed by atoms with Gasteiger partial charge in [0.25, 0.3) is 0 Å². The van der Waals surface area contributed by atoms with Crippen LogP contribution >= 0.6 is 12.2 Å². The van der Waals surface area contributed by atoms with Gasteiger partial charge in [0, 0.05) is 6.54 Å². The zero-order valence-electron chi connectivity index (χ0n) is 14.0. The zero-order chi connectivity index (χ0) is 16.0. The first-order valence-corrected chi connectivity index (χ1v) is 8.86. The molecule has 1 aromatic rings. The third kappa shape index (κ3) is 8.23. The van der Waals surface area contributed by atoms with Crippen molar-refractivity contribution in [2.24, 2.45) is 0 Å². The Balaban J connectivity index is 2.06. The maximum atomic E-state index is 5.31. The average molecular weight is 323 g/mol. The number of ether oxygens (including phenoxy) is 1. The lowest BCUT2D eigenvalue weighted by molar-refractivity contribution is 0.417. The van der Waals surface area contributed by atoms with Crippen LogP contribution in [0.4, 0.5) is 5.69 Å². The fraction of sp³-hybridized carbons (Fsp3) is 0.611. The smallest absolute Gasteiger partial charge is 0.170 e. The molecule has 0 aliphatic rings. The van der Waals surface area contributed by atoms with E-state index < -0.39 is 0 Å². The molecule has 0 aliphatic carbocycles. The van der Waals surface area contributed by atoms with Crippen molar-refractivity contribution in [2.45, 2.75) is 58.3 Å². The number of hydrogen-bond acceptors (Lipinski definition) is 2. The van der Waals surface area contributed by atoms with Crippen LogP contribution in [0.25, 0.3) is 0 Å². The van der Waals surface area contributed by atoms with Crippen molar-refractivity contribution in [3.8, 4) is 5.75 Å². The SMILES string of the molecule is CCCCCCCCCCNC(=S)Nc1ccccc1OC. The topological polar surface area (TPSA) is 33.3 Å². The van der Waals surface area contributed by atoms with Gasteiger partial charge in [-0.05, 0) is 30.8 Å². The summed E-state index contributed by atoms with van der Waals surface area (Å²) in [4.78, 5) is 0. The van der Waals surface area contributed by atoms with Crippen LogP contribution in [0, 0.1) is 0 Å². The number of para-hydroxylation sites is 2. The first-order chi connectivity index (χ1) is 10.8. The Hall–Kier alpha value is -1.29. The number of anilines is 1. The van der Waals surface area contributed by atoms with Crippen molar-refractivity contribution in [2.75, 3.05) is 19.0 Å². The van der Waals surface area contributed by atoms with Gasteiger partial charge in [-0.2, -0.15) is 0 Å². The molecule has 0 saturated heterocycles. The highest BCUT2D eigenvalue weighted by atomic mass is 32.1. The molecule has 0 fully saturated rings. The fourth-order valence-corrected chi connectivity index (χ4v) is 2.59. The summed E-state index contributed by atoms with van der Waals surface area (Å²) in [6.45, 7) is 3.18. The summed E-state index contributed by atoms with van der Waals surface area (Å²) < 4.78 is 5.29. The molecule has 0 atom stereocenters. The van der Waals surface area contributed by atoms with Crippen LogP contribution < -0.4 is 15.4 Å². The Bertz CT molecular complexity index is 423. The molecule has 0 spiro atoms. The lowest BCUT2D eigenvalue weighted by Gasteiger charge is -2.13. The van der Waals surface area contributed by atoms with Crippen LogP contribution in [-0.4, -0.2) is 18.8 Å². The van der Waals surface area contributed by atoms with Gasteiger partial charge >= 0.3 is 0 Å². The summed E-state index contributed by atoms with van der Waals surface area (Å²) >= 11 is 5.31. The quantitative estimate of drug-likeness (QED) is 0.437. The van der Waals surface area contributed by atoms with Gasteiger partial charge in [0.05, 0.1) is 12.8 Å². The van der Waals surface area contributed by atoms with E-state index in [0.717, 1.165) is 18.0 Å². The van der Waals surface area contributed by atoms with Gasteiger partial charge in [-0.1, -0.05) is 64.0 Å². The molecule has 3 nitrogen and oxygen atoms in total. The van der Waals surface area contributed by atoms with E-state index in [1.807, 2.05) is 24.3 Å². The number of methoxy groups -OCH3 is 1. The molecule has 22 heavy (non-hydrogen) atoms. The van der Waals surface area contributed by atoms with E-state index >= 15 is 0 Å². The maximum absolute atomic E-state index is 5.31. The highest BCUT2D eigenvalue weighted by Crippen LogP contribution is 2.22. The second kappa shape index (κ2) is 12.3. The molecule has 1 aromatic carbocycles. The van der Waals surface area contributed by atoms with Crippen LogP contribution in [0.5, 0.6) is 5.75 Å². The molecular weight excluding hydrogens is 292 g/mol. The fourth-order valence-electron chi connectivity index (χ4n) is 2.38. The minimum absolute atomic E-state index is 0.660. The van der Waals surface area contributed by atoms with E-state index in [2.05, 4.69) is 17.6 Å². The van der Waals surface area contributed by atoms with Crippen molar-refractivity contribution in [3.63, 3.8) is 0 Å². The molecule has 2 N–H and O–H groups in total. The first kappa shape index (κ1) is 18.8. The molecule has 0 bridgehead atoms. The van der Waals surface area contributed by atoms with E-state index in [4.69, 9.17) is 17.0 Å². The summed E-state index contributed by atoms with van der Waals surface area (Å²) in [5.74, 6) is 0.804. The molecule has 1 rings (SSSR count). The molecule has 0 unspecified atom stereocenters. The second-order valence-electron chi connectivity index (χ2n) is 5.56. The van der Waals surface area contributed by atoms with E-state index in [0.29, 0.717) is 5.11 Å². The number of nitrogens with one attached hydrogen (secondary N) is 2. The van der Waals surface area contributed by atoms with Crippen LogP contribution in [-0.2, 0) is 0 Å². The average Bonchev–Trinajstić information content (AvgIpc) is 2.54. The van der Waals surface area contributed by atoms with Gasteiger partial charge in [-0.25, -0.2) is 0 Å². The molecule has 0 aromatic heterocycles. The third-order valence-corrected chi connectivity index (χ3v) is 3.92. The lowest BCUT2D eigenvalue weighted by atomic mass is 10.1. The van der Waals surface area contributed by atoms with Crippen LogP contribution in [0.1, 0.15) is 58.3 Å². The van der Waals surface area contributed by atoms with Gasteiger partial charge in [0.1, 0.15) is 5.75 Å². The van der Waals surface area contributed by atoms with Crippen molar-refractivity contribution in [1.82, 2.24) is 5.32 Å². The number of unbranched alkanes of at least 4 members (excludes halogenated alkanes) is 7. The molecule has 0 amide bonds. The van der Waals surface area contributed by atoms with E-state index in [1.165, 1.54) is 51.4 Å². The lowest BCUT2D eigenvalue weighted by Crippen LogP contribution is -2.29. The molecule has 0 heterocycles. The number of thiocarbonyl (C=S) groups is 1. The van der Waals surface area contributed by atoms with Gasteiger partial charge < -0.3 is 15.4 Å². The standard InChI is InChI=1S/C18H30N2OS/c1-3-4-5-6-7-8-9-12-15-19-18(22)20-16-13-10-11-14-17(16)21-2/h10-11,13-14H,3-9,12,15H2,1-2H3,(H2,19,20,22). The highest BCUT2D eigenvalue weighted by molar-refractivity contribution is 7.80. The van der Waals surface area contributed by atoms with Gasteiger partial charge in [0.15, 0.2) is 5.11 Å². The summed E-state index contributed by atoms with van der Waals surface area (Å²) in [5, 5.41) is 7.10. The Labute approximate surface area is 140 Å². The van der Waals surface area contributed by atoms with Crippen molar-refractivity contribution >= 4 is 23.0 Å². The van der Waals surface area contributed by atoms with Crippen LogP contribution in [0.2, 0.25) is 0 Å². The van der Waals surface area contributed by atoms with Crippen molar-refractivity contribution in [3.05, 3.63) is 24.3 Å².